The molecule has 134 valence electrons. The number of likely N-dealkylation sites (N-methyl/N-ethyl adjacent to an activating group) is 1. The van der Waals surface area contributed by atoms with Crippen LogP contribution < -0.4 is 10.5 Å². The third-order valence-electron chi connectivity index (χ3n) is 4.70. The predicted octanol–water partition coefficient (Wildman–Crippen LogP) is 3.44. The fraction of sp³-hybridized carbons (Fsp3) is 0.263. The lowest BCUT2D eigenvalue weighted by Gasteiger charge is -2.34. The number of para-hydroxylation sites is 1. The molecule has 3 aromatic rings. The third kappa shape index (κ3) is 3.07. The van der Waals surface area contributed by atoms with Gasteiger partial charge in [-0.2, -0.15) is 0 Å². The number of rotatable bonds is 2. The van der Waals surface area contributed by atoms with Crippen LogP contribution in [0.25, 0.3) is 16.6 Å². The monoisotopic (exact) mass is 388 g/mol. The summed E-state index contributed by atoms with van der Waals surface area (Å²) in [5, 5.41) is 1.61. The maximum Gasteiger partial charge on any atom is 0.267 e. The van der Waals surface area contributed by atoms with Gasteiger partial charge < -0.3 is 9.80 Å². The Morgan fingerprint density at radius 1 is 0.962 bits per heavy atom. The Morgan fingerprint density at radius 3 is 2.35 bits per heavy atom. The summed E-state index contributed by atoms with van der Waals surface area (Å²) in [7, 11) is 2.09. The van der Waals surface area contributed by atoms with Crippen molar-refractivity contribution >= 4 is 40.1 Å². The molecule has 1 aliphatic heterocycles. The van der Waals surface area contributed by atoms with E-state index in [4.69, 9.17) is 28.2 Å². The molecule has 0 atom stereocenters. The number of benzene rings is 2. The Hall–Kier alpha value is -2.08. The van der Waals surface area contributed by atoms with Crippen molar-refractivity contribution in [1.82, 2.24) is 14.5 Å². The van der Waals surface area contributed by atoms with Gasteiger partial charge in [-0.3, -0.25) is 4.79 Å². The van der Waals surface area contributed by atoms with E-state index < -0.39 is 0 Å². The average Bonchev–Trinajstić information content (AvgIpc) is 2.64. The molecule has 0 amide bonds. The number of hydrogen-bond acceptors (Lipinski definition) is 4. The molecule has 2 aromatic carbocycles. The highest BCUT2D eigenvalue weighted by atomic mass is 35.5. The van der Waals surface area contributed by atoms with E-state index >= 15 is 0 Å². The molecule has 1 aromatic heterocycles. The van der Waals surface area contributed by atoms with Gasteiger partial charge in [0, 0.05) is 31.2 Å². The van der Waals surface area contributed by atoms with Gasteiger partial charge in [-0.25, -0.2) is 9.55 Å². The summed E-state index contributed by atoms with van der Waals surface area (Å²) in [6.07, 6.45) is 0. The summed E-state index contributed by atoms with van der Waals surface area (Å²) in [6, 6.07) is 12.5. The van der Waals surface area contributed by atoms with E-state index in [-0.39, 0.29) is 5.56 Å². The van der Waals surface area contributed by atoms with Crippen molar-refractivity contribution < 1.29 is 0 Å². The topological polar surface area (TPSA) is 41.4 Å². The van der Waals surface area contributed by atoms with E-state index in [1.807, 2.05) is 12.1 Å². The first-order chi connectivity index (χ1) is 12.5. The Morgan fingerprint density at radius 2 is 1.65 bits per heavy atom. The Balaban J connectivity index is 1.98. The second-order valence-corrected chi connectivity index (χ2v) is 7.30. The molecule has 0 aliphatic carbocycles. The molecular weight excluding hydrogens is 371 g/mol. The molecule has 0 bridgehead atoms. The van der Waals surface area contributed by atoms with Gasteiger partial charge >= 0.3 is 0 Å². The molecule has 7 heteroatoms. The van der Waals surface area contributed by atoms with Gasteiger partial charge in [0.1, 0.15) is 0 Å². The van der Waals surface area contributed by atoms with E-state index in [1.54, 1.807) is 34.9 Å². The van der Waals surface area contributed by atoms with Crippen molar-refractivity contribution in [2.24, 2.45) is 0 Å². The van der Waals surface area contributed by atoms with Gasteiger partial charge in [0.15, 0.2) is 0 Å². The maximum atomic E-state index is 13.3. The predicted molar refractivity (Wildman–Crippen MR) is 107 cm³/mol. The van der Waals surface area contributed by atoms with Gasteiger partial charge in [0.25, 0.3) is 5.56 Å². The van der Waals surface area contributed by atoms with Crippen LogP contribution in [0.1, 0.15) is 0 Å². The van der Waals surface area contributed by atoms with Crippen molar-refractivity contribution in [2.45, 2.75) is 0 Å². The van der Waals surface area contributed by atoms with Gasteiger partial charge in [-0.1, -0.05) is 29.3 Å². The number of halogens is 2. The zero-order chi connectivity index (χ0) is 18.3. The number of piperazine rings is 1. The van der Waals surface area contributed by atoms with Gasteiger partial charge in [-0.15, -0.1) is 0 Å². The molecule has 1 saturated heterocycles. The van der Waals surface area contributed by atoms with Crippen LogP contribution in [0.2, 0.25) is 10.0 Å². The number of hydrogen-bond donors (Lipinski definition) is 0. The highest BCUT2D eigenvalue weighted by Crippen LogP contribution is 2.25. The van der Waals surface area contributed by atoms with E-state index in [0.717, 1.165) is 31.9 Å². The molecule has 1 fully saturated rings. The molecule has 2 heterocycles. The first-order valence-electron chi connectivity index (χ1n) is 8.45. The zero-order valence-corrected chi connectivity index (χ0v) is 15.8. The largest absolute Gasteiger partial charge is 0.339 e. The molecule has 0 saturated carbocycles. The second-order valence-electron chi connectivity index (χ2n) is 6.46. The summed E-state index contributed by atoms with van der Waals surface area (Å²) in [5.74, 6) is 0.617. The van der Waals surface area contributed by atoms with Crippen molar-refractivity contribution in [3.63, 3.8) is 0 Å². The molecule has 0 radical (unpaired) electrons. The quantitative estimate of drug-likeness (QED) is 0.674. The van der Waals surface area contributed by atoms with E-state index in [9.17, 15) is 4.79 Å². The van der Waals surface area contributed by atoms with Crippen molar-refractivity contribution in [1.29, 1.82) is 0 Å². The molecule has 0 unspecified atom stereocenters. The minimum atomic E-state index is -0.131. The highest BCUT2D eigenvalue weighted by Gasteiger charge is 2.22. The summed E-state index contributed by atoms with van der Waals surface area (Å²) in [4.78, 5) is 22.5. The van der Waals surface area contributed by atoms with Gasteiger partial charge in [0.2, 0.25) is 5.95 Å². The minimum absolute atomic E-state index is 0.131. The summed E-state index contributed by atoms with van der Waals surface area (Å²) in [5.41, 5.74) is 1.15. The Kier molecular flexibility index (Phi) is 4.61. The standard InChI is InChI=1S/C19H18Cl2N4O/c1-23-9-11-24(12-10-23)19-22-17-15(3-2-4-16(17)21)18(26)25(19)14-7-5-13(20)6-8-14/h2-8H,9-12H2,1H3. The molecule has 0 N–H and O–H groups in total. The number of anilines is 1. The fourth-order valence-corrected chi connectivity index (χ4v) is 3.55. The number of fused-ring (bicyclic) bond motifs is 1. The second kappa shape index (κ2) is 6.91. The van der Waals surface area contributed by atoms with Crippen LogP contribution in [-0.2, 0) is 0 Å². The number of aromatic nitrogens is 2. The molecule has 1 aliphatic rings. The molecular formula is C19H18Cl2N4O. The highest BCUT2D eigenvalue weighted by molar-refractivity contribution is 6.35. The first kappa shape index (κ1) is 17.3. The lowest BCUT2D eigenvalue weighted by Crippen LogP contribution is -2.46. The van der Waals surface area contributed by atoms with Crippen LogP contribution in [0.4, 0.5) is 5.95 Å². The summed E-state index contributed by atoms with van der Waals surface area (Å²) >= 11 is 12.4. The van der Waals surface area contributed by atoms with Crippen LogP contribution in [-0.4, -0.2) is 47.7 Å². The van der Waals surface area contributed by atoms with E-state index in [1.165, 1.54) is 0 Å². The van der Waals surface area contributed by atoms with Crippen LogP contribution in [0.15, 0.2) is 47.3 Å². The van der Waals surface area contributed by atoms with Crippen LogP contribution >= 0.6 is 23.2 Å². The van der Waals surface area contributed by atoms with Crippen LogP contribution in [0.5, 0.6) is 0 Å². The maximum absolute atomic E-state index is 13.3. The zero-order valence-electron chi connectivity index (χ0n) is 14.3. The smallest absolute Gasteiger partial charge is 0.267 e. The molecule has 4 rings (SSSR count). The normalized spacial score (nSPS) is 15.6. The summed E-state index contributed by atoms with van der Waals surface area (Å²) < 4.78 is 1.65. The minimum Gasteiger partial charge on any atom is -0.339 e. The van der Waals surface area contributed by atoms with Gasteiger partial charge in [-0.05, 0) is 43.4 Å². The van der Waals surface area contributed by atoms with Crippen molar-refractivity contribution in [3.05, 3.63) is 62.9 Å². The fourth-order valence-electron chi connectivity index (χ4n) is 3.20. The van der Waals surface area contributed by atoms with Crippen LogP contribution in [0.3, 0.4) is 0 Å². The molecule has 5 nitrogen and oxygen atoms in total. The lowest BCUT2D eigenvalue weighted by atomic mass is 10.2. The average molecular weight is 389 g/mol. The molecule has 26 heavy (non-hydrogen) atoms. The molecule has 0 spiro atoms. The van der Waals surface area contributed by atoms with Crippen molar-refractivity contribution in [3.8, 4) is 5.69 Å². The third-order valence-corrected chi connectivity index (χ3v) is 5.26. The van der Waals surface area contributed by atoms with E-state index in [2.05, 4.69) is 16.8 Å². The lowest BCUT2D eigenvalue weighted by molar-refractivity contribution is 0.310. The number of nitrogens with zero attached hydrogens (tertiary/aromatic N) is 4. The van der Waals surface area contributed by atoms with Crippen LogP contribution in [0, 0.1) is 0 Å². The van der Waals surface area contributed by atoms with Crippen molar-refractivity contribution in [2.75, 3.05) is 38.1 Å². The van der Waals surface area contributed by atoms with E-state index in [0.29, 0.717) is 26.9 Å². The SMILES string of the molecule is CN1CCN(c2nc3c(Cl)cccc3c(=O)n2-c2ccc(Cl)cc2)CC1. The first-order valence-corrected chi connectivity index (χ1v) is 9.21. The van der Waals surface area contributed by atoms with Gasteiger partial charge in [0.05, 0.1) is 21.6 Å². The Labute approximate surface area is 161 Å². The summed E-state index contributed by atoms with van der Waals surface area (Å²) in [6.45, 7) is 3.42. The Bertz CT molecular complexity index is 1010.